The number of rotatable bonds is 3. The maximum absolute atomic E-state index is 8.87. The first-order chi connectivity index (χ1) is 10.8. The Balaban J connectivity index is 1.89. The van der Waals surface area contributed by atoms with E-state index < -0.39 is 0 Å². The van der Waals surface area contributed by atoms with Gasteiger partial charge in [0.2, 0.25) is 0 Å². The summed E-state index contributed by atoms with van der Waals surface area (Å²) < 4.78 is 0. The first kappa shape index (κ1) is 13.6. The zero-order valence-electron chi connectivity index (χ0n) is 11.7. The minimum absolute atomic E-state index is 0.528. The Labute approximate surface area is 128 Å². The Morgan fingerprint density at radius 2 is 1.82 bits per heavy atom. The van der Waals surface area contributed by atoms with Gasteiger partial charge in [0.05, 0.1) is 23.0 Å². The number of hydrogen-bond acceptors (Lipinski definition) is 5. The molecule has 0 spiro atoms. The third kappa shape index (κ3) is 2.86. The molecular formula is C17H13N5. The fraction of sp³-hybridized carbons (Fsp3) is 0. The van der Waals surface area contributed by atoms with Gasteiger partial charge in [-0.2, -0.15) is 5.26 Å². The van der Waals surface area contributed by atoms with Crippen LogP contribution in [0.4, 0.5) is 17.1 Å². The lowest BCUT2D eigenvalue weighted by Gasteiger charge is -2.10. The largest absolute Gasteiger partial charge is 0.397 e. The van der Waals surface area contributed by atoms with Crippen LogP contribution >= 0.6 is 0 Å². The zero-order valence-corrected chi connectivity index (χ0v) is 11.7. The number of hydrogen-bond donors (Lipinski definition) is 2. The summed E-state index contributed by atoms with van der Waals surface area (Å²) in [5.74, 6) is 0.666. The Kier molecular flexibility index (Phi) is 3.67. The highest BCUT2D eigenvalue weighted by Gasteiger charge is 2.04. The molecule has 0 unspecified atom stereocenters. The predicted molar refractivity (Wildman–Crippen MR) is 86.3 cm³/mol. The average Bonchev–Trinajstić information content (AvgIpc) is 2.58. The molecule has 1 heterocycles. The molecule has 22 heavy (non-hydrogen) atoms. The maximum atomic E-state index is 8.87. The number of nitrogens with zero attached hydrogens (tertiary/aromatic N) is 3. The van der Waals surface area contributed by atoms with Crippen molar-refractivity contribution in [2.45, 2.75) is 0 Å². The van der Waals surface area contributed by atoms with E-state index in [2.05, 4.69) is 21.4 Å². The molecular weight excluding hydrogens is 274 g/mol. The van der Waals surface area contributed by atoms with Gasteiger partial charge in [-0.25, -0.2) is 9.97 Å². The zero-order chi connectivity index (χ0) is 15.4. The first-order valence-corrected chi connectivity index (χ1v) is 6.70. The molecule has 0 bridgehead atoms. The van der Waals surface area contributed by atoms with Crippen LogP contribution in [0.1, 0.15) is 5.56 Å². The summed E-state index contributed by atoms with van der Waals surface area (Å²) in [6.45, 7) is 0. The van der Waals surface area contributed by atoms with E-state index in [-0.39, 0.29) is 0 Å². The van der Waals surface area contributed by atoms with Crippen molar-refractivity contribution < 1.29 is 0 Å². The molecule has 2 aromatic carbocycles. The predicted octanol–water partition coefficient (Wildman–Crippen LogP) is 3.34. The van der Waals surface area contributed by atoms with Crippen molar-refractivity contribution in [1.29, 1.82) is 5.26 Å². The van der Waals surface area contributed by atoms with Gasteiger partial charge in [-0.3, -0.25) is 0 Å². The SMILES string of the molecule is N#Cc1ccc(Nc2cccc(-c3ncccn3)c2)c(N)c1. The summed E-state index contributed by atoms with van der Waals surface area (Å²) in [6.07, 6.45) is 3.42. The number of nitrogens with two attached hydrogens (primary N) is 1. The molecule has 1 aromatic heterocycles. The third-order valence-electron chi connectivity index (χ3n) is 3.15. The van der Waals surface area contributed by atoms with Crippen LogP contribution in [0.2, 0.25) is 0 Å². The number of benzene rings is 2. The summed E-state index contributed by atoms with van der Waals surface area (Å²) in [5.41, 5.74) is 9.57. The molecule has 0 saturated carbocycles. The molecule has 0 aliphatic carbocycles. The molecule has 3 rings (SSSR count). The van der Waals surface area contributed by atoms with Crippen molar-refractivity contribution >= 4 is 17.1 Å². The molecule has 0 radical (unpaired) electrons. The Hall–Kier alpha value is -3.39. The minimum Gasteiger partial charge on any atom is -0.397 e. The molecule has 0 fully saturated rings. The quantitative estimate of drug-likeness (QED) is 0.721. The Morgan fingerprint density at radius 3 is 2.55 bits per heavy atom. The van der Waals surface area contributed by atoms with E-state index in [1.165, 1.54) is 0 Å². The van der Waals surface area contributed by atoms with Crippen LogP contribution in [0, 0.1) is 11.3 Å². The first-order valence-electron chi connectivity index (χ1n) is 6.70. The van der Waals surface area contributed by atoms with Gasteiger partial charge in [-0.1, -0.05) is 12.1 Å². The van der Waals surface area contributed by atoms with Gasteiger partial charge in [0.15, 0.2) is 5.82 Å². The van der Waals surface area contributed by atoms with Crippen molar-refractivity contribution in [3.63, 3.8) is 0 Å². The summed E-state index contributed by atoms with van der Waals surface area (Å²) in [7, 11) is 0. The van der Waals surface area contributed by atoms with Crippen molar-refractivity contribution in [3.05, 3.63) is 66.5 Å². The lowest BCUT2D eigenvalue weighted by Crippen LogP contribution is -1.97. The smallest absolute Gasteiger partial charge is 0.159 e. The topological polar surface area (TPSA) is 87.6 Å². The van der Waals surface area contributed by atoms with Crippen LogP contribution in [-0.4, -0.2) is 9.97 Å². The van der Waals surface area contributed by atoms with Crippen LogP contribution in [-0.2, 0) is 0 Å². The molecule has 106 valence electrons. The molecule has 0 amide bonds. The van der Waals surface area contributed by atoms with Crippen LogP contribution in [0.15, 0.2) is 60.9 Å². The molecule has 0 aliphatic rings. The standard InChI is InChI=1S/C17H13N5/c18-11-12-5-6-16(15(19)9-12)22-14-4-1-3-13(10-14)17-20-7-2-8-21-17/h1-10,22H,19H2. The van der Waals surface area contributed by atoms with Crippen molar-refractivity contribution in [2.75, 3.05) is 11.1 Å². The molecule has 5 heteroatoms. The lowest BCUT2D eigenvalue weighted by molar-refractivity contribution is 1.18. The molecule has 5 nitrogen and oxygen atoms in total. The number of nitrogens with one attached hydrogen (secondary N) is 1. The van der Waals surface area contributed by atoms with E-state index in [1.54, 1.807) is 36.7 Å². The summed E-state index contributed by atoms with van der Waals surface area (Å²) in [4.78, 5) is 8.48. The Bertz CT molecular complexity index is 837. The van der Waals surface area contributed by atoms with Gasteiger partial charge in [0.1, 0.15) is 0 Å². The van der Waals surface area contributed by atoms with Gasteiger partial charge >= 0.3 is 0 Å². The molecule has 0 aliphatic heterocycles. The third-order valence-corrected chi connectivity index (χ3v) is 3.15. The number of aromatic nitrogens is 2. The van der Waals surface area contributed by atoms with E-state index in [1.807, 2.05) is 24.3 Å². The van der Waals surface area contributed by atoms with Crippen LogP contribution in [0.3, 0.4) is 0 Å². The van der Waals surface area contributed by atoms with Gasteiger partial charge in [0.25, 0.3) is 0 Å². The minimum atomic E-state index is 0.528. The molecule has 3 N–H and O–H groups in total. The van der Waals surface area contributed by atoms with Crippen LogP contribution in [0.25, 0.3) is 11.4 Å². The highest BCUT2D eigenvalue weighted by atomic mass is 14.9. The highest BCUT2D eigenvalue weighted by molar-refractivity contribution is 5.75. The van der Waals surface area contributed by atoms with Gasteiger partial charge < -0.3 is 11.1 Å². The van der Waals surface area contributed by atoms with Crippen molar-refractivity contribution in [1.82, 2.24) is 9.97 Å². The van der Waals surface area contributed by atoms with Crippen molar-refractivity contribution in [2.24, 2.45) is 0 Å². The number of nitrogen functional groups attached to an aromatic ring is 1. The van der Waals surface area contributed by atoms with E-state index in [9.17, 15) is 0 Å². The van der Waals surface area contributed by atoms with E-state index in [0.717, 1.165) is 16.9 Å². The van der Waals surface area contributed by atoms with E-state index >= 15 is 0 Å². The van der Waals surface area contributed by atoms with Gasteiger partial charge in [-0.15, -0.1) is 0 Å². The normalized spacial score (nSPS) is 9.95. The fourth-order valence-electron chi connectivity index (χ4n) is 2.09. The summed E-state index contributed by atoms with van der Waals surface area (Å²) in [6, 6.07) is 16.8. The second kappa shape index (κ2) is 5.94. The average molecular weight is 287 g/mol. The summed E-state index contributed by atoms with van der Waals surface area (Å²) in [5, 5.41) is 12.1. The molecule has 0 saturated heterocycles. The maximum Gasteiger partial charge on any atom is 0.159 e. The van der Waals surface area contributed by atoms with E-state index in [0.29, 0.717) is 17.1 Å². The second-order valence-corrected chi connectivity index (χ2v) is 4.69. The second-order valence-electron chi connectivity index (χ2n) is 4.69. The molecule has 3 aromatic rings. The van der Waals surface area contributed by atoms with Crippen molar-refractivity contribution in [3.8, 4) is 17.5 Å². The van der Waals surface area contributed by atoms with Gasteiger partial charge in [0, 0.05) is 23.6 Å². The Morgan fingerprint density at radius 1 is 1.00 bits per heavy atom. The van der Waals surface area contributed by atoms with Gasteiger partial charge in [-0.05, 0) is 36.4 Å². The van der Waals surface area contributed by atoms with Crippen LogP contribution < -0.4 is 11.1 Å². The van der Waals surface area contributed by atoms with Crippen LogP contribution in [0.5, 0.6) is 0 Å². The number of anilines is 3. The molecule has 0 atom stereocenters. The monoisotopic (exact) mass is 287 g/mol. The van der Waals surface area contributed by atoms with E-state index in [4.69, 9.17) is 11.0 Å². The number of nitriles is 1. The lowest BCUT2D eigenvalue weighted by atomic mass is 10.1. The summed E-state index contributed by atoms with van der Waals surface area (Å²) >= 11 is 0. The highest BCUT2D eigenvalue weighted by Crippen LogP contribution is 2.26. The fourth-order valence-corrected chi connectivity index (χ4v) is 2.09.